The number of rotatable bonds is 3. The number of cyclic esters (lactones) is 1. The number of hydrogen-bond acceptors (Lipinski definition) is 8. The van der Waals surface area contributed by atoms with Gasteiger partial charge in [-0.05, 0) is 43.9 Å². The molecule has 6 atom stereocenters. The van der Waals surface area contributed by atoms with Crippen molar-refractivity contribution >= 4 is 17.8 Å². The second-order valence-corrected chi connectivity index (χ2v) is 10.4. The molecule has 1 aliphatic heterocycles. The third-order valence-electron chi connectivity index (χ3n) is 6.94. The molecule has 1 aliphatic rings. The van der Waals surface area contributed by atoms with E-state index in [4.69, 9.17) is 13.9 Å². The summed E-state index contributed by atoms with van der Waals surface area (Å²) in [4.78, 5) is 30.5. The number of ketones is 1. The third kappa shape index (κ3) is 7.48. The number of aliphatic hydroxyl groups is 2. The maximum atomic E-state index is 13.2. The number of aromatic nitrogens is 1. The van der Waals surface area contributed by atoms with Crippen molar-refractivity contribution in [2.45, 2.75) is 85.7 Å². The zero-order valence-electron chi connectivity index (χ0n) is 22.6. The zero-order chi connectivity index (χ0) is 27.2. The number of esters is 1. The highest BCUT2D eigenvalue weighted by Gasteiger charge is 2.42. The third-order valence-corrected chi connectivity index (χ3v) is 6.94. The first kappa shape index (κ1) is 29.7. The summed E-state index contributed by atoms with van der Waals surface area (Å²) < 4.78 is 16.8. The molecule has 0 radical (unpaired) electrons. The number of allylic oxidation sites excluding steroid dienone is 3. The molecule has 200 valence electrons. The van der Waals surface area contributed by atoms with Crippen LogP contribution in [0, 0.1) is 24.2 Å². The van der Waals surface area contributed by atoms with Crippen molar-refractivity contribution in [3.8, 4) is 0 Å². The van der Waals surface area contributed by atoms with Crippen LogP contribution in [0.1, 0.15) is 66.0 Å². The Morgan fingerprint density at radius 3 is 2.47 bits per heavy atom. The molecule has 0 fully saturated rings. The topological polar surface area (TPSA) is 119 Å². The molecule has 0 amide bonds. The van der Waals surface area contributed by atoms with Gasteiger partial charge >= 0.3 is 5.97 Å². The predicted octanol–water partition coefficient (Wildman–Crippen LogP) is 4.20. The number of carbonyl (C=O) groups excluding carboxylic acids is 2. The number of aryl methyl sites for hydroxylation is 1. The van der Waals surface area contributed by atoms with Gasteiger partial charge in [0.2, 0.25) is 0 Å². The molecule has 0 aliphatic carbocycles. The van der Waals surface area contributed by atoms with Gasteiger partial charge in [-0.1, -0.05) is 45.4 Å². The molecule has 2 rings (SSSR count). The molecule has 2 heterocycles. The highest BCUT2D eigenvalue weighted by atomic mass is 16.6. The SMILES string of the molecule is CO[C@H]1C=C(C)C=CC[C@H](C)[C@H](O)[C@@H](C)C(=O)C(C)(C)[C@@H](O)CC(=O)O[C@@H]1C(C)=Cc1coc(C)n1. The number of hydrogen-bond donors (Lipinski definition) is 2. The molecule has 0 aromatic carbocycles. The van der Waals surface area contributed by atoms with Crippen LogP contribution in [-0.4, -0.2) is 58.5 Å². The lowest BCUT2D eigenvalue weighted by Crippen LogP contribution is -2.46. The van der Waals surface area contributed by atoms with Crippen molar-refractivity contribution in [1.29, 1.82) is 0 Å². The number of aliphatic hydroxyl groups excluding tert-OH is 2. The van der Waals surface area contributed by atoms with E-state index in [0.717, 1.165) is 5.57 Å². The Bertz CT molecular complexity index is 1000. The van der Waals surface area contributed by atoms with Crippen molar-refractivity contribution in [3.05, 3.63) is 47.2 Å². The summed E-state index contributed by atoms with van der Waals surface area (Å²) in [5, 5.41) is 21.7. The number of nitrogens with zero attached hydrogens (tertiary/aromatic N) is 1. The van der Waals surface area contributed by atoms with Gasteiger partial charge in [-0.15, -0.1) is 0 Å². The van der Waals surface area contributed by atoms with Gasteiger partial charge in [0.1, 0.15) is 23.8 Å². The van der Waals surface area contributed by atoms with Gasteiger partial charge in [0.05, 0.1) is 24.0 Å². The summed E-state index contributed by atoms with van der Waals surface area (Å²) in [6.07, 6.45) is 5.56. The van der Waals surface area contributed by atoms with Gasteiger partial charge in [-0.2, -0.15) is 0 Å². The van der Waals surface area contributed by atoms with Crippen molar-refractivity contribution in [1.82, 2.24) is 4.98 Å². The van der Waals surface area contributed by atoms with Gasteiger partial charge in [-0.3, -0.25) is 9.59 Å². The fourth-order valence-corrected chi connectivity index (χ4v) is 4.38. The second-order valence-electron chi connectivity index (χ2n) is 10.4. The molecule has 8 heteroatoms. The molecule has 0 saturated heterocycles. The Morgan fingerprint density at radius 2 is 1.89 bits per heavy atom. The van der Waals surface area contributed by atoms with Gasteiger partial charge < -0.3 is 24.1 Å². The second kappa shape index (κ2) is 12.6. The average Bonchev–Trinajstić information content (AvgIpc) is 3.22. The Labute approximate surface area is 214 Å². The largest absolute Gasteiger partial charge is 0.455 e. The molecular formula is C28H41NO7. The van der Waals surface area contributed by atoms with E-state index in [-0.39, 0.29) is 18.1 Å². The zero-order valence-corrected chi connectivity index (χ0v) is 22.6. The van der Waals surface area contributed by atoms with E-state index >= 15 is 0 Å². The first-order chi connectivity index (χ1) is 16.8. The lowest BCUT2D eigenvalue weighted by molar-refractivity contribution is -0.157. The minimum absolute atomic E-state index is 0.180. The molecule has 1 aromatic rings. The maximum absolute atomic E-state index is 13.2. The van der Waals surface area contributed by atoms with Crippen LogP contribution in [0.2, 0.25) is 0 Å². The van der Waals surface area contributed by atoms with Gasteiger partial charge in [0, 0.05) is 20.0 Å². The van der Waals surface area contributed by atoms with E-state index in [0.29, 0.717) is 23.6 Å². The number of methoxy groups -OCH3 is 1. The molecule has 8 nitrogen and oxygen atoms in total. The van der Waals surface area contributed by atoms with Crippen molar-refractivity contribution in [2.75, 3.05) is 7.11 Å². The van der Waals surface area contributed by atoms with E-state index in [1.807, 2.05) is 32.1 Å². The summed E-state index contributed by atoms with van der Waals surface area (Å²) in [6.45, 7) is 12.2. The number of oxazole rings is 1. The molecule has 0 unspecified atom stereocenters. The van der Waals surface area contributed by atoms with Crippen LogP contribution in [0.15, 0.2) is 40.1 Å². The number of Topliss-reactive ketones (excluding diaryl/α,β-unsaturated/α-hetero) is 1. The number of ether oxygens (including phenoxy) is 2. The van der Waals surface area contributed by atoms with Crippen molar-refractivity contribution in [3.63, 3.8) is 0 Å². The van der Waals surface area contributed by atoms with Crippen LogP contribution in [0.25, 0.3) is 6.08 Å². The quantitative estimate of drug-likeness (QED) is 0.589. The first-order valence-corrected chi connectivity index (χ1v) is 12.4. The van der Waals surface area contributed by atoms with E-state index in [2.05, 4.69) is 4.98 Å². The Kier molecular flexibility index (Phi) is 10.4. The lowest BCUT2D eigenvalue weighted by atomic mass is 9.73. The molecule has 0 saturated carbocycles. The van der Waals surface area contributed by atoms with E-state index in [9.17, 15) is 19.8 Å². The van der Waals surface area contributed by atoms with Crippen LogP contribution in [0.3, 0.4) is 0 Å². The Morgan fingerprint density at radius 1 is 1.22 bits per heavy atom. The molecule has 2 N–H and O–H groups in total. The number of carbonyl (C=O) groups is 2. The molecule has 0 spiro atoms. The fourth-order valence-electron chi connectivity index (χ4n) is 4.38. The molecule has 36 heavy (non-hydrogen) atoms. The lowest BCUT2D eigenvalue weighted by Gasteiger charge is -2.34. The average molecular weight is 504 g/mol. The minimum atomic E-state index is -1.29. The summed E-state index contributed by atoms with van der Waals surface area (Å²) in [6, 6.07) is 0. The van der Waals surface area contributed by atoms with E-state index in [1.54, 1.807) is 40.7 Å². The summed E-state index contributed by atoms with van der Waals surface area (Å²) >= 11 is 0. The smallest absolute Gasteiger partial charge is 0.309 e. The molecule has 1 aromatic heterocycles. The van der Waals surface area contributed by atoms with Crippen molar-refractivity contribution in [2.24, 2.45) is 17.3 Å². The van der Waals surface area contributed by atoms with Gasteiger partial charge in [0.25, 0.3) is 0 Å². The normalized spacial score (nSPS) is 31.2. The summed E-state index contributed by atoms with van der Waals surface area (Å²) in [5.74, 6) is -1.36. The standard InChI is InChI=1S/C28H41NO7/c1-16-10-9-11-17(2)25(32)19(4)27(33)28(6,7)23(30)14-24(31)36-26(22(12-16)34-8)18(3)13-21-15-35-20(5)29-21/h9-10,12-13,15,17,19,22-23,25-26,30,32H,11,14H2,1-8H3/t17-,19+,22-,23-,25-,26+/m0/s1. The predicted molar refractivity (Wildman–Crippen MR) is 137 cm³/mol. The molecular weight excluding hydrogens is 462 g/mol. The van der Waals surface area contributed by atoms with Crippen LogP contribution in [-0.2, 0) is 19.1 Å². The summed E-state index contributed by atoms with van der Waals surface area (Å²) in [5.41, 5.74) is 0.874. The molecule has 0 bridgehead atoms. The summed E-state index contributed by atoms with van der Waals surface area (Å²) in [7, 11) is 1.53. The fraction of sp³-hybridized carbons (Fsp3) is 0.607. The van der Waals surface area contributed by atoms with Crippen molar-refractivity contribution < 1.29 is 33.7 Å². The highest BCUT2D eigenvalue weighted by Crippen LogP contribution is 2.32. The first-order valence-electron chi connectivity index (χ1n) is 12.4. The van der Waals surface area contributed by atoms with Crippen LogP contribution >= 0.6 is 0 Å². The van der Waals surface area contributed by atoms with Crippen LogP contribution in [0.5, 0.6) is 0 Å². The van der Waals surface area contributed by atoms with Crippen LogP contribution < -0.4 is 0 Å². The maximum Gasteiger partial charge on any atom is 0.309 e. The van der Waals surface area contributed by atoms with Gasteiger partial charge in [-0.25, -0.2) is 4.98 Å². The highest BCUT2D eigenvalue weighted by molar-refractivity contribution is 5.88. The van der Waals surface area contributed by atoms with Gasteiger partial charge in [0.15, 0.2) is 12.0 Å². The Balaban J connectivity index is 2.50. The van der Waals surface area contributed by atoms with E-state index in [1.165, 1.54) is 13.4 Å². The van der Waals surface area contributed by atoms with E-state index < -0.39 is 41.7 Å². The monoisotopic (exact) mass is 503 g/mol. The van der Waals surface area contributed by atoms with Crippen LogP contribution in [0.4, 0.5) is 0 Å². The minimum Gasteiger partial charge on any atom is -0.455 e. The Hall–Kier alpha value is -2.55.